The Kier molecular flexibility index (Phi) is 4.21. The minimum Gasteiger partial charge on any atom is -0.300 e. The quantitative estimate of drug-likeness (QED) is 0.913. The first-order valence-corrected chi connectivity index (χ1v) is 9.53. The molecule has 1 aromatic carbocycles. The summed E-state index contributed by atoms with van der Waals surface area (Å²) in [6, 6.07) is 9.87. The summed E-state index contributed by atoms with van der Waals surface area (Å²) in [5.74, 6) is -0.760. The molecule has 1 aliphatic heterocycles. The highest BCUT2D eigenvalue weighted by Gasteiger charge is 2.33. The minimum absolute atomic E-state index is 0.0749. The van der Waals surface area contributed by atoms with Crippen LogP contribution in [-0.4, -0.2) is 36.0 Å². The highest BCUT2D eigenvalue weighted by atomic mass is 32.2. The Morgan fingerprint density at radius 3 is 2.73 bits per heavy atom. The first-order chi connectivity index (χ1) is 10.5. The second kappa shape index (κ2) is 6.13. The number of amides is 1. The van der Waals surface area contributed by atoms with Crippen molar-refractivity contribution < 1.29 is 13.2 Å². The van der Waals surface area contributed by atoms with Gasteiger partial charge in [0.15, 0.2) is 9.84 Å². The van der Waals surface area contributed by atoms with E-state index in [0.29, 0.717) is 18.0 Å². The number of nitrogens with zero attached hydrogens (tertiary/aromatic N) is 2. The maximum atomic E-state index is 12.0. The fourth-order valence-corrected chi connectivity index (χ4v) is 4.87. The van der Waals surface area contributed by atoms with Crippen molar-refractivity contribution >= 4 is 32.2 Å². The van der Waals surface area contributed by atoms with Gasteiger partial charge in [-0.05, 0) is 12.0 Å². The Balaban J connectivity index is 1.61. The van der Waals surface area contributed by atoms with Crippen LogP contribution in [0.1, 0.15) is 17.0 Å². The molecule has 0 unspecified atom stereocenters. The summed E-state index contributed by atoms with van der Waals surface area (Å²) in [6.45, 7) is 0. The first kappa shape index (κ1) is 15.1. The summed E-state index contributed by atoms with van der Waals surface area (Å²) in [5, 5.41) is 11.9. The Bertz CT molecular complexity index is 772. The van der Waals surface area contributed by atoms with E-state index in [1.54, 1.807) is 0 Å². The van der Waals surface area contributed by atoms with Crippen LogP contribution in [0.2, 0.25) is 0 Å². The van der Waals surface area contributed by atoms with Gasteiger partial charge >= 0.3 is 0 Å². The Labute approximate surface area is 132 Å². The molecule has 6 nitrogen and oxygen atoms in total. The van der Waals surface area contributed by atoms with Crippen LogP contribution in [0.3, 0.4) is 0 Å². The lowest BCUT2D eigenvalue weighted by molar-refractivity contribution is -0.119. The van der Waals surface area contributed by atoms with E-state index in [9.17, 15) is 13.2 Å². The maximum absolute atomic E-state index is 12.0. The predicted octanol–water partition coefficient (Wildman–Crippen LogP) is 1.50. The van der Waals surface area contributed by atoms with Crippen LogP contribution in [0.15, 0.2) is 30.3 Å². The van der Waals surface area contributed by atoms with Gasteiger partial charge in [-0.15, -0.1) is 10.2 Å². The van der Waals surface area contributed by atoms with Crippen LogP contribution >= 0.6 is 11.3 Å². The lowest BCUT2D eigenvalue weighted by atomic mass is 10.1. The van der Waals surface area contributed by atoms with Crippen molar-refractivity contribution in [2.45, 2.75) is 12.8 Å². The van der Waals surface area contributed by atoms with Crippen molar-refractivity contribution in [3.63, 3.8) is 0 Å². The molecule has 0 spiro atoms. The molecule has 8 heteroatoms. The van der Waals surface area contributed by atoms with Crippen LogP contribution < -0.4 is 5.32 Å². The molecular weight excluding hydrogens is 322 g/mol. The van der Waals surface area contributed by atoms with Crippen molar-refractivity contribution in [2.24, 2.45) is 5.92 Å². The molecule has 116 valence electrons. The highest BCUT2D eigenvalue weighted by Crippen LogP contribution is 2.23. The summed E-state index contributed by atoms with van der Waals surface area (Å²) >= 11 is 1.31. The number of carbonyl (C=O) groups excluding carboxylic acids is 1. The van der Waals surface area contributed by atoms with Crippen molar-refractivity contribution in [1.82, 2.24) is 10.2 Å². The zero-order chi connectivity index (χ0) is 15.6. The number of carbonyl (C=O) groups is 1. The Morgan fingerprint density at radius 1 is 1.27 bits per heavy atom. The van der Waals surface area contributed by atoms with Gasteiger partial charge in [-0.2, -0.15) is 0 Å². The largest absolute Gasteiger partial charge is 0.300 e. The van der Waals surface area contributed by atoms with Crippen LogP contribution in [0.25, 0.3) is 0 Å². The molecule has 1 aromatic heterocycles. The van der Waals surface area contributed by atoms with Gasteiger partial charge < -0.3 is 5.32 Å². The van der Waals surface area contributed by atoms with E-state index < -0.39 is 15.8 Å². The van der Waals surface area contributed by atoms with Gasteiger partial charge in [0.1, 0.15) is 5.01 Å². The number of sulfone groups is 1. The summed E-state index contributed by atoms with van der Waals surface area (Å²) in [6.07, 6.45) is 1.04. The summed E-state index contributed by atoms with van der Waals surface area (Å²) in [4.78, 5) is 12.0. The van der Waals surface area contributed by atoms with Gasteiger partial charge in [0.2, 0.25) is 11.0 Å². The fraction of sp³-hybridized carbons (Fsp3) is 0.357. The van der Waals surface area contributed by atoms with Gasteiger partial charge in [-0.25, -0.2) is 8.42 Å². The molecule has 1 aliphatic rings. The van der Waals surface area contributed by atoms with Crippen LogP contribution in [-0.2, 0) is 21.1 Å². The standard InChI is InChI=1S/C14H15N3O3S2/c18-13(11-6-7-22(19,20)9-11)15-14-17-16-12(21-14)8-10-4-2-1-3-5-10/h1-5,11H,6-9H2,(H,15,17,18)/t11-/m1/s1. The molecule has 1 amide bonds. The average molecular weight is 337 g/mol. The third-order valence-electron chi connectivity index (χ3n) is 3.50. The SMILES string of the molecule is O=C(Nc1nnc(Cc2ccccc2)s1)[C@@H]1CCS(=O)(=O)C1. The van der Waals surface area contributed by atoms with Gasteiger partial charge in [0.25, 0.3) is 0 Å². The summed E-state index contributed by atoms with van der Waals surface area (Å²) < 4.78 is 22.8. The third kappa shape index (κ3) is 3.69. The second-order valence-corrected chi connectivity index (χ2v) is 8.54. The summed E-state index contributed by atoms with van der Waals surface area (Å²) in [5.41, 5.74) is 1.12. The molecule has 3 rings (SSSR count). The van der Waals surface area contributed by atoms with Crippen LogP contribution in [0.5, 0.6) is 0 Å². The molecule has 0 bridgehead atoms. The number of rotatable bonds is 4. The number of anilines is 1. The van der Waals surface area contributed by atoms with Gasteiger partial charge in [-0.1, -0.05) is 41.7 Å². The molecule has 2 aromatic rings. The molecule has 1 fully saturated rings. The van der Waals surface area contributed by atoms with E-state index in [2.05, 4.69) is 15.5 Å². The molecule has 22 heavy (non-hydrogen) atoms. The lowest BCUT2D eigenvalue weighted by Crippen LogP contribution is -2.23. The van der Waals surface area contributed by atoms with Gasteiger partial charge in [-0.3, -0.25) is 4.79 Å². The summed E-state index contributed by atoms with van der Waals surface area (Å²) in [7, 11) is -3.06. The zero-order valence-electron chi connectivity index (χ0n) is 11.7. The molecule has 0 saturated carbocycles. The lowest BCUT2D eigenvalue weighted by Gasteiger charge is -2.05. The fourth-order valence-electron chi connectivity index (χ4n) is 2.36. The van der Waals surface area contributed by atoms with E-state index in [1.165, 1.54) is 11.3 Å². The van der Waals surface area contributed by atoms with Gasteiger partial charge in [0.05, 0.1) is 17.4 Å². The number of nitrogens with one attached hydrogen (secondary N) is 1. The van der Waals surface area contributed by atoms with E-state index in [4.69, 9.17) is 0 Å². The Morgan fingerprint density at radius 2 is 2.05 bits per heavy atom. The van der Waals surface area contributed by atoms with Crippen molar-refractivity contribution in [3.05, 3.63) is 40.9 Å². The molecule has 0 aliphatic carbocycles. The molecule has 1 atom stereocenters. The van der Waals surface area contributed by atoms with E-state index in [-0.39, 0.29) is 17.4 Å². The zero-order valence-corrected chi connectivity index (χ0v) is 13.4. The van der Waals surface area contributed by atoms with Crippen molar-refractivity contribution in [2.75, 3.05) is 16.8 Å². The molecule has 1 N–H and O–H groups in total. The van der Waals surface area contributed by atoms with Crippen molar-refractivity contribution in [1.29, 1.82) is 0 Å². The Hall–Kier alpha value is -1.80. The second-order valence-electron chi connectivity index (χ2n) is 5.25. The smallest absolute Gasteiger partial charge is 0.230 e. The monoisotopic (exact) mass is 337 g/mol. The van der Waals surface area contributed by atoms with Crippen LogP contribution in [0, 0.1) is 5.92 Å². The third-order valence-corrected chi connectivity index (χ3v) is 6.11. The number of hydrogen-bond donors (Lipinski definition) is 1. The first-order valence-electron chi connectivity index (χ1n) is 6.89. The number of aromatic nitrogens is 2. The predicted molar refractivity (Wildman–Crippen MR) is 84.5 cm³/mol. The average Bonchev–Trinajstić information content (AvgIpc) is 3.06. The topological polar surface area (TPSA) is 89.0 Å². The molecular formula is C14H15N3O3S2. The van der Waals surface area contributed by atoms with Crippen LogP contribution in [0.4, 0.5) is 5.13 Å². The molecule has 1 saturated heterocycles. The number of hydrogen-bond acceptors (Lipinski definition) is 6. The van der Waals surface area contributed by atoms with E-state index in [1.807, 2.05) is 30.3 Å². The molecule has 2 heterocycles. The van der Waals surface area contributed by atoms with Gasteiger partial charge in [0, 0.05) is 6.42 Å². The minimum atomic E-state index is -3.06. The normalized spacial score (nSPS) is 19.9. The number of benzene rings is 1. The van der Waals surface area contributed by atoms with E-state index in [0.717, 1.165) is 10.6 Å². The molecule has 0 radical (unpaired) electrons. The van der Waals surface area contributed by atoms with Crippen molar-refractivity contribution in [3.8, 4) is 0 Å². The highest BCUT2D eigenvalue weighted by molar-refractivity contribution is 7.91. The van der Waals surface area contributed by atoms with E-state index >= 15 is 0 Å². The maximum Gasteiger partial charge on any atom is 0.230 e.